The summed E-state index contributed by atoms with van der Waals surface area (Å²) in [6, 6.07) is 13.6. The van der Waals surface area contributed by atoms with Crippen LogP contribution in [0.25, 0.3) is 17.1 Å². The van der Waals surface area contributed by atoms with E-state index in [9.17, 15) is 4.79 Å². The Kier molecular flexibility index (Phi) is 7.90. The minimum absolute atomic E-state index is 0.0308. The van der Waals surface area contributed by atoms with E-state index in [2.05, 4.69) is 43.1 Å². The molecule has 0 fully saturated rings. The Labute approximate surface area is 206 Å². The predicted molar refractivity (Wildman–Crippen MR) is 135 cm³/mol. The highest BCUT2D eigenvalue weighted by Crippen LogP contribution is 2.36. The van der Waals surface area contributed by atoms with Crippen LogP contribution >= 0.6 is 0 Å². The van der Waals surface area contributed by atoms with Gasteiger partial charge in [-0.25, -0.2) is 4.68 Å². The van der Waals surface area contributed by atoms with Gasteiger partial charge in [-0.1, -0.05) is 40.5 Å². The molecule has 1 aliphatic rings. The van der Waals surface area contributed by atoms with Gasteiger partial charge in [0.15, 0.2) is 17.3 Å². The molecule has 0 saturated heterocycles. The van der Waals surface area contributed by atoms with Crippen molar-refractivity contribution in [1.29, 1.82) is 0 Å². The lowest BCUT2D eigenvalue weighted by Crippen LogP contribution is -2.22. The van der Waals surface area contributed by atoms with Crippen molar-refractivity contribution >= 4 is 11.6 Å². The van der Waals surface area contributed by atoms with E-state index in [1.165, 1.54) is 0 Å². The highest BCUT2D eigenvalue weighted by atomic mass is 16.7. The average molecular weight is 479 g/mol. The first-order valence-electron chi connectivity index (χ1n) is 12.4. The molecule has 0 radical (unpaired) electrons. The fourth-order valence-corrected chi connectivity index (χ4v) is 3.90. The minimum atomic E-state index is 0.0308. The fraction of sp³-hybridized carbons (Fsp3) is 0.444. The third kappa shape index (κ3) is 5.93. The molecule has 1 aromatic heterocycles. The first kappa shape index (κ1) is 24.6. The molecule has 0 unspecified atom stereocenters. The molecular weight excluding hydrogens is 444 g/mol. The van der Waals surface area contributed by atoms with Gasteiger partial charge in [-0.15, -0.1) is 5.10 Å². The number of carbonyl (C=O) groups excluding carboxylic acids is 1. The Balaban J connectivity index is 1.59. The number of fused-ring (bicyclic) bond motifs is 1. The third-order valence-electron chi connectivity index (χ3n) is 5.91. The van der Waals surface area contributed by atoms with E-state index in [1.807, 2.05) is 42.5 Å². The molecule has 0 aliphatic carbocycles. The Morgan fingerprint density at radius 1 is 1.11 bits per heavy atom. The molecule has 1 N–H and O–H groups in total. The van der Waals surface area contributed by atoms with Gasteiger partial charge >= 0.3 is 6.01 Å². The van der Waals surface area contributed by atoms with Crippen molar-refractivity contribution in [2.24, 2.45) is 11.8 Å². The number of amides is 1. The second-order valence-electron chi connectivity index (χ2n) is 9.19. The predicted octanol–water partition coefficient (Wildman–Crippen LogP) is 5.85. The summed E-state index contributed by atoms with van der Waals surface area (Å²) in [5, 5.41) is 7.67. The van der Waals surface area contributed by atoms with Crippen LogP contribution in [0.1, 0.15) is 53.4 Å². The maximum absolute atomic E-state index is 12.7. The van der Waals surface area contributed by atoms with Crippen molar-refractivity contribution in [3.8, 4) is 34.6 Å². The van der Waals surface area contributed by atoms with Crippen molar-refractivity contribution < 1.29 is 19.0 Å². The lowest BCUT2D eigenvalue weighted by Gasteiger charge is -2.15. The van der Waals surface area contributed by atoms with Gasteiger partial charge in [0.25, 0.3) is 0 Å². The van der Waals surface area contributed by atoms with Crippen LogP contribution in [0.2, 0.25) is 0 Å². The van der Waals surface area contributed by atoms with E-state index in [-0.39, 0.29) is 18.6 Å². The molecule has 0 spiro atoms. The summed E-state index contributed by atoms with van der Waals surface area (Å²) in [5.41, 5.74) is 2.40. The number of rotatable bonds is 11. The zero-order chi connectivity index (χ0) is 24.8. The molecule has 0 bridgehead atoms. The van der Waals surface area contributed by atoms with Crippen LogP contribution in [-0.4, -0.2) is 34.1 Å². The van der Waals surface area contributed by atoms with E-state index in [0.29, 0.717) is 35.9 Å². The monoisotopic (exact) mass is 478 g/mol. The quantitative estimate of drug-likeness (QED) is 0.372. The van der Waals surface area contributed by atoms with Crippen LogP contribution in [0.15, 0.2) is 42.5 Å². The number of benzene rings is 2. The van der Waals surface area contributed by atoms with Crippen LogP contribution in [0, 0.1) is 11.8 Å². The van der Waals surface area contributed by atoms with Crippen LogP contribution in [-0.2, 0) is 4.79 Å². The van der Waals surface area contributed by atoms with Gasteiger partial charge in [0.2, 0.25) is 12.7 Å². The molecule has 1 aliphatic heterocycles. The summed E-state index contributed by atoms with van der Waals surface area (Å²) in [7, 11) is 0. The average Bonchev–Trinajstić information content (AvgIpc) is 3.50. The lowest BCUT2D eigenvalue weighted by atomic mass is 9.98. The van der Waals surface area contributed by atoms with Gasteiger partial charge in [0, 0.05) is 17.2 Å². The summed E-state index contributed by atoms with van der Waals surface area (Å²) in [6.07, 6.45) is 3.89. The van der Waals surface area contributed by atoms with E-state index < -0.39 is 0 Å². The van der Waals surface area contributed by atoms with Gasteiger partial charge in [-0.05, 0) is 61.2 Å². The number of nitrogens with zero attached hydrogens (tertiary/aromatic N) is 3. The molecule has 8 nitrogen and oxygen atoms in total. The normalized spacial score (nSPS) is 13.2. The second-order valence-corrected chi connectivity index (χ2v) is 9.19. The summed E-state index contributed by atoms with van der Waals surface area (Å²) in [5.74, 6) is 2.46. The number of carbonyl (C=O) groups is 1. The molecule has 186 valence electrons. The summed E-state index contributed by atoms with van der Waals surface area (Å²) in [4.78, 5) is 17.3. The van der Waals surface area contributed by atoms with Crippen LogP contribution < -0.4 is 19.5 Å². The molecule has 0 saturated carbocycles. The Hall–Kier alpha value is -3.55. The molecule has 3 aromatic rings. The molecule has 4 rings (SSSR count). The number of hydrogen-bond acceptors (Lipinski definition) is 6. The van der Waals surface area contributed by atoms with Crippen molar-refractivity contribution in [1.82, 2.24) is 14.8 Å². The van der Waals surface area contributed by atoms with Crippen LogP contribution in [0.5, 0.6) is 17.5 Å². The lowest BCUT2D eigenvalue weighted by molar-refractivity contribution is -0.120. The summed E-state index contributed by atoms with van der Waals surface area (Å²) in [6.45, 7) is 9.09. The van der Waals surface area contributed by atoms with Gasteiger partial charge < -0.3 is 19.5 Å². The van der Waals surface area contributed by atoms with Crippen molar-refractivity contribution in [2.45, 2.75) is 53.4 Å². The second kappa shape index (κ2) is 11.3. The van der Waals surface area contributed by atoms with Crippen molar-refractivity contribution in [2.75, 3.05) is 18.7 Å². The summed E-state index contributed by atoms with van der Waals surface area (Å²) < 4.78 is 18.5. The molecule has 1 amide bonds. The highest BCUT2D eigenvalue weighted by molar-refractivity contribution is 5.92. The first-order valence-corrected chi connectivity index (χ1v) is 12.4. The number of nitrogens with one attached hydrogen (secondary N) is 1. The molecule has 8 heteroatoms. The molecule has 1 atom stereocenters. The number of unbranched alkanes of at least 4 members (excludes halogenated alkanes) is 1. The van der Waals surface area contributed by atoms with Crippen LogP contribution in [0.4, 0.5) is 5.69 Å². The zero-order valence-corrected chi connectivity index (χ0v) is 20.9. The minimum Gasteiger partial charge on any atom is -0.462 e. The van der Waals surface area contributed by atoms with Gasteiger partial charge in [0.05, 0.1) is 12.3 Å². The Bertz CT molecular complexity index is 1140. The number of hydrogen-bond donors (Lipinski definition) is 1. The third-order valence-corrected chi connectivity index (χ3v) is 5.91. The van der Waals surface area contributed by atoms with Crippen molar-refractivity contribution in [3.05, 3.63) is 42.5 Å². The highest BCUT2D eigenvalue weighted by Gasteiger charge is 2.20. The van der Waals surface area contributed by atoms with Gasteiger partial charge in [0.1, 0.15) is 0 Å². The van der Waals surface area contributed by atoms with E-state index in [4.69, 9.17) is 14.2 Å². The van der Waals surface area contributed by atoms with E-state index in [1.54, 1.807) is 4.68 Å². The maximum atomic E-state index is 12.7. The molecule has 2 aromatic carbocycles. The van der Waals surface area contributed by atoms with Gasteiger partial charge in [-0.2, -0.15) is 4.98 Å². The van der Waals surface area contributed by atoms with Crippen molar-refractivity contribution in [3.63, 3.8) is 0 Å². The largest absolute Gasteiger partial charge is 0.462 e. The first-order chi connectivity index (χ1) is 17.0. The molecular formula is C27H34N4O4. The fourth-order valence-electron chi connectivity index (χ4n) is 3.90. The van der Waals surface area contributed by atoms with Crippen LogP contribution in [0.3, 0.4) is 0 Å². The van der Waals surface area contributed by atoms with E-state index in [0.717, 1.165) is 42.6 Å². The summed E-state index contributed by atoms with van der Waals surface area (Å²) >= 11 is 0. The van der Waals surface area contributed by atoms with E-state index >= 15 is 0 Å². The standard InChI is InChI=1S/C27H34N4O4/c1-5-7-8-19(6-2)26(32)28-21-10-12-22(13-11-21)31-25(29-27(30-31)33-16-18(3)4)20-9-14-23-24(15-20)35-17-34-23/h9-15,18-19H,5-8,16-17H2,1-4H3,(H,28,32)/t19-/m0/s1. The number of aromatic nitrogens is 3. The van der Waals surface area contributed by atoms with Gasteiger partial charge in [-0.3, -0.25) is 4.79 Å². The Morgan fingerprint density at radius 2 is 1.89 bits per heavy atom. The number of ether oxygens (including phenoxy) is 3. The SMILES string of the molecule is CCCC[C@H](CC)C(=O)Nc1ccc(-n2nc(OCC(C)C)nc2-c2ccc3c(c2)OCO3)cc1. The number of anilines is 1. The Morgan fingerprint density at radius 3 is 2.60 bits per heavy atom. The molecule has 2 heterocycles. The zero-order valence-electron chi connectivity index (χ0n) is 20.9. The molecule has 35 heavy (non-hydrogen) atoms. The topological polar surface area (TPSA) is 87.5 Å². The smallest absolute Gasteiger partial charge is 0.336 e. The maximum Gasteiger partial charge on any atom is 0.336 e.